The van der Waals surface area contributed by atoms with Crippen LogP contribution in [0.1, 0.15) is 26.2 Å². The molecule has 2 aromatic rings. The van der Waals surface area contributed by atoms with E-state index in [1.807, 2.05) is 41.0 Å². The molecule has 2 saturated heterocycles. The van der Waals surface area contributed by atoms with Crippen LogP contribution in [-0.4, -0.2) is 75.0 Å². The monoisotopic (exact) mass is 371 g/mol. The van der Waals surface area contributed by atoms with Crippen LogP contribution in [0.15, 0.2) is 24.3 Å². The van der Waals surface area contributed by atoms with Gasteiger partial charge in [0, 0.05) is 32.6 Å². The normalized spacial score (nSPS) is 19.6. The van der Waals surface area contributed by atoms with Crippen LogP contribution < -0.4 is 0 Å². The first-order chi connectivity index (χ1) is 13.1. The van der Waals surface area contributed by atoms with Crippen LogP contribution >= 0.6 is 0 Å². The summed E-state index contributed by atoms with van der Waals surface area (Å²) in [5.74, 6) is 0.190. The average molecular weight is 371 g/mol. The van der Waals surface area contributed by atoms with Crippen molar-refractivity contribution in [3.05, 3.63) is 24.3 Å². The highest BCUT2D eigenvalue weighted by Gasteiger charge is 2.41. The van der Waals surface area contributed by atoms with Crippen LogP contribution in [0.25, 0.3) is 11.0 Å². The van der Waals surface area contributed by atoms with Crippen molar-refractivity contribution in [1.29, 1.82) is 0 Å². The largest absolute Gasteiger partial charge is 0.371 e. The number of amides is 2. The second-order valence-corrected chi connectivity index (χ2v) is 7.30. The van der Waals surface area contributed by atoms with Gasteiger partial charge < -0.3 is 14.5 Å². The van der Waals surface area contributed by atoms with Crippen molar-refractivity contribution >= 4 is 22.8 Å². The lowest BCUT2D eigenvalue weighted by Crippen LogP contribution is -2.59. The molecule has 0 aliphatic carbocycles. The Labute approximate surface area is 158 Å². The molecule has 27 heavy (non-hydrogen) atoms. The summed E-state index contributed by atoms with van der Waals surface area (Å²) in [5.41, 5.74) is 1.24. The van der Waals surface area contributed by atoms with Crippen molar-refractivity contribution < 1.29 is 14.3 Å². The van der Waals surface area contributed by atoms with Gasteiger partial charge in [-0.15, -0.1) is 0 Å². The van der Waals surface area contributed by atoms with Crippen molar-refractivity contribution in [3.63, 3.8) is 0 Å². The summed E-state index contributed by atoms with van der Waals surface area (Å²) < 4.78 is 6.08. The minimum atomic E-state index is -0.333. The molecule has 1 spiro atoms. The third-order valence-electron chi connectivity index (χ3n) is 5.54. The molecule has 0 N–H and O–H groups in total. The number of likely N-dealkylation sites (tertiary alicyclic amines) is 1. The second-order valence-electron chi connectivity index (χ2n) is 7.30. The number of benzene rings is 1. The van der Waals surface area contributed by atoms with E-state index in [0.717, 1.165) is 23.9 Å². The molecule has 2 fully saturated rings. The number of piperidine rings is 1. The number of carbonyl (C=O) groups excluding carboxylic acids is 2. The zero-order valence-electron chi connectivity index (χ0n) is 15.6. The Kier molecular flexibility index (Phi) is 4.82. The van der Waals surface area contributed by atoms with Gasteiger partial charge in [0.1, 0.15) is 17.6 Å². The fourth-order valence-electron chi connectivity index (χ4n) is 3.94. The fourth-order valence-corrected chi connectivity index (χ4v) is 3.94. The number of morpholine rings is 1. The Hall–Kier alpha value is -2.48. The van der Waals surface area contributed by atoms with E-state index >= 15 is 0 Å². The number of carbonyl (C=O) groups is 2. The van der Waals surface area contributed by atoms with Gasteiger partial charge in [0.2, 0.25) is 11.8 Å². The summed E-state index contributed by atoms with van der Waals surface area (Å²) in [6, 6.07) is 7.59. The number of aromatic nitrogens is 3. The van der Waals surface area contributed by atoms with E-state index in [4.69, 9.17) is 4.74 Å². The standard InChI is InChI=1S/C19H25N5O3/c1-2-17(25)22-9-7-19(8-10-22)14-23(11-12-27-19)18(26)13-24-20-15-5-3-4-6-16(15)21-24/h3-6H,2,7-14H2,1H3. The van der Waals surface area contributed by atoms with Crippen molar-refractivity contribution in [3.8, 4) is 0 Å². The van der Waals surface area contributed by atoms with Crippen molar-refractivity contribution in [2.75, 3.05) is 32.8 Å². The molecule has 1 aromatic heterocycles. The fraction of sp³-hybridized carbons (Fsp3) is 0.579. The zero-order valence-corrected chi connectivity index (χ0v) is 15.6. The average Bonchev–Trinajstić information content (AvgIpc) is 3.10. The van der Waals surface area contributed by atoms with E-state index in [1.165, 1.54) is 4.80 Å². The number of rotatable bonds is 3. The van der Waals surface area contributed by atoms with Crippen LogP contribution in [0.2, 0.25) is 0 Å². The lowest BCUT2D eigenvalue weighted by atomic mass is 9.89. The Morgan fingerprint density at radius 3 is 2.33 bits per heavy atom. The smallest absolute Gasteiger partial charge is 0.246 e. The van der Waals surface area contributed by atoms with Gasteiger partial charge in [0.25, 0.3) is 0 Å². The molecular weight excluding hydrogens is 346 g/mol. The van der Waals surface area contributed by atoms with Crippen LogP contribution in [0.5, 0.6) is 0 Å². The lowest BCUT2D eigenvalue weighted by molar-refractivity contribution is -0.163. The van der Waals surface area contributed by atoms with E-state index in [0.29, 0.717) is 39.2 Å². The number of ether oxygens (including phenoxy) is 1. The van der Waals surface area contributed by atoms with Crippen molar-refractivity contribution in [2.24, 2.45) is 0 Å². The zero-order chi connectivity index (χ0) is 18.9. The van der Waals surface area contributed by atoms with E-state index in [9.17, 15) is 9.59 Å². The molecule has 8 heteroatoms. The highest BCUT2D eigenvalue weighted by Crippen LogP contribution is 2.30. The van der Waals surface area contributed by atoms with Crippen molar-refractivity contribution in [1.82, 2.24) is 24.8 Å². The van der Waals surface area contributed by atoms with E-state index < -0.39 is 0 Å². The molecule has 0 atom stereocenters. The van der Waals surface area contributed by atoms with Gasteiger partial charge in [-0.25, -0.2) is 0 Å². The molecule has 144 valence electrons. The van der Waals surface area contributed by atoms with Gasteiger partial charge in [-0.3, -0.25) is 9.59 Å². The first-order valence-corrected chi connectivity index (χ1v) is 9.58. The first-order valence-electron chi connectivity index (χ1n) is 9.58. The van der Waals surface area contributed by atoms with Gasteiger partial charge in [-0.2, -0.15) is 15.0 Å². The molecule has 2 amide bonds. The molecule has 0 bridgehead atoms. The summed E-state index contributed by atoms with van der Waals surface area (Å²) in [6.45, 7) is 5.09. The first kappa shape index (κ1) is 17.9. The molecular formula is C19H25N5O3. The Morgan fingerprint density at radius 1 is 1.04 bits per heavy atom. The molecule has 8 nitrogen and oxygen atoms in total. The molecule has 1 aromatic carbocycles. The molecule has 0 unspecified atom stereocenters. The molecule has 2 aliphatic heterocycles. The van der Waals surface area contributed by atoms with E-state index in [1.54, 1.807) is 0 Å². The maximum absolute atomic E-state index is 12.8. The van der Waals surface area contributed by atoms with E-state index in [-0.39, 0.29) is 24.0 Å². The number of fused-ring (bicyclic) bond motifs is 1. The molecule has 2 aliphatic rings. The van der Waals surface area contributed by atoms with Gasteiger partial charge in [-0.1, -0.05) is 19.1 Å². The maximum atomic E-state index is 12.8. The topological polar surface area (TPSA) is 80.6 Å². The minimum Gasteiger partial charge on any atom is -0.371 e. The maximum Gasteiger partial charge on any atom is 0.246 e. The van der Waals surface area contributed by atoms with Crippen LogP contribution in [0.3, 0.4) is 0 Å². The molecule has 3 heterocycles. The SMILES string of the molecule is CCC(=O)N1CCC2(CC1)CN(C(=O)Cn1nc3ccccc3n1)CCO2. The minimum absolute atomic E-state index is 0.00467. The molecule has 0 radical (unpaired) electrons. The third-order valence-corrected chi connectivity index (χ3v) is 5.54. The Balaban J connectivity index is 1.39. The second kappa shape index (κ2) is 7.26. The third kappa shape index (κ3) is 3.66. The summed E-state index contributed by atoms with van der Waals surface area (Å²) >= 11 is 0. The predicted octanol–water partition coefficient (Wildman–Crippen LogP) is 1.06. The summed E-state index contributed by atoms with van der Waals surface area (Å²) in [7, 11) is 0. The number of hydrogen-bond acceptors (Lipinski definition) is 5. The number of nitrogens with zero attached hydrogens (tertiary/aromatic N) is 5. The summed E-state index contributed by atoms with van der Waals surface area (Å²) in [4.78, 5) is 29.9. The summed E-state index contributed by atoms with van der Waals surface area (Å²) in [5, 5.41) is 8.75. The highest BCUT2D eigenvalue weighted by atomic mass is 16.5. The Bertz CT molecular complexity index is 808. The van der Waals surface area contributed by atoms with Crippen molar-refractivity contribution in [2.45, 2.75) is 38.3 Å². The van der Waals surface area contributed by atoms with Gasteiger partial charge in [0.05, 0.1) is 12.2 Å². The quantitative estimate of drug-likeness (QED) is 0.806. The lowest BCUT2D eigenvalue weighted by Gasteiger charge is -2.47. The van der Waals surface area contributed by atoms with Crippen LogP contribution in [-0.2, 0) is 20.9 Å². The van der Waals surface area contributed by atoms with E-state index in [2.05, 4.69) is 10.2 Å². The van der Waals surface area contributed by atoms with Gasteiger partial charge in [-0.05, 0) is 25.0 Å². The Morgan fingerprint density at radius 2 is 1.70 bits per heavy atom. The predicted molar refractivity (Wildman–Crippen MR) is 98.9 cm³/mol. The van der Waals surface area contributed by atoms with Gasteiger partial charge >= 0.3 is 0 Å². The van der Waals surface area contributed by atoms with Crippen LogP contribution in [0.4, 0.5) is 0 Å². The molecule has 4 rings (SSSR count). The summed E-state index contributed by atoms with van der Waals surface area (Å²) in [6.07, 6.45) is 2.07. The van der Waals surface area contributed by atoms with Gasteiger partial charge in [0.15, 0.2) is 0 Å². The number of hydrogen-bond donors (Lipinski definition) is 0. The highest BCUT2D eigenvalue weighted by molar-refractivity contribution is 5.77. The molecule has 0 saturated carbocycles. The van der Waals surface area contributed by atoms with Crippen LogP contribution in [0, 0.1) is 0 Å².